The molecule has 6 heteroatoms. The monoisotopic (exact) mass is 286 g/mol. The Morgan fingerprint density at radius 1 is 1.20 bits per heavy atom. The molecule has 0 bridgehead atoms. The quantitative estimate of drug-likeness (QED) is 0.540. The summed E-state index contributed by atoms with van der Waals surface area (Å²) >= 11 is 0. The van der Waals surface area contributed by atoms with Crippen molar-refractivity contribution in [1.82, 2.24) is 10.6 Å². The average Bonchev–Trinajstić information content (AvgIpc) is 2.32. The maximum absolute atomic E-state index is 11.6. The molecule has 1 atom stereocenters. The van der Waals surface area contributed by atoms with Gasteiger partial charge in [0.25, 0.3) is 0 Å². The normalized spacial score (nSPS) is 12.4. The summed E-state index contributed by atoms with van der Waals surface area (Å²) in [6.07, 6.45) is 1.04. The molecule has 0 aliphatic heterocycles. The molecule has 2 amide bonds. The molecule has 6 nitrogen and oxygen atoms in total. The number of carbonyl (C=O) groups is 3. The van der Waals surface area contributed by atoms with Gasteiger partial charge in [-0.05, 0) is 13.3 Å². The fourth-order valence-electron chi connectivity index (χ4n) is 1.45. The van der Waals surface area contributed by atoms with Crippen LogP contribution in [-0.2, 0) is 19.1 Å². The van der Waals surface area contributed by atoms with E-state index in [4.69, 9.17) is 0 Å². The average molecular weight is 286 g/mol. The van der Waals surface area contributed by atoms with E-state index in [0.29, 0.717) is 19.4 Å². The molecule has 116 valence electrons. The van der Waals surface area contributed by atoms with Crippen molar-refractivity contribution in [3.05, 3.63) is 0 Å². The van der Waals surface area contributed by atoms with Gasteiger partial charge in [0.15, 0.2) is 0 Å². The molecule has 0 aromatic heterocycles. The summed E-state index contributed by atoms with van der Waals surface area (Å²) in [6, 6.07) is -0.251. The standard InChI is InChI=1S/C14H26N2O4/c1-10(9-12(18)20-5)16-11(17)7-6-8-15-13(19)14(2,3)4/h10H,6-9H2,1-5H3,(H,15,19)(H,16,17). The Morgan fingerprint density at radius 2 is 1.80 bits per heavy atom. The minimum Gasteiger partial charge on any atom is -0.469 e. The van der Waals surface area contributed by atoms with E-state index in [1.165, 1.54) is 7.11 Å². The lowest BCUT2D eigenvalue weighted by atomic mass is 9.96. The molecule has 0 aromatic carbocycles. The molecule has 0 rings (SSSR count). The van der Waals surface area contributed by atoms with Crippen molar-refractivity contribution in [3.63, 3.8) is 0 Å². The van der Waals surface area contributed by atoms with Crippen LogP contribution < -0.4 is 10.6 Å². The van der Waals surface area contributed by atoms with Gasteiger partial charge in [0.2, 0.25) is 11.8 Å². The molecule has 0 aliphatic rings. The van der Waals surface area contributed by atoms with E-state index in [1.807, 2.05) is 20.8 Å². The summed E-state index contributed by atoms with van der Waals surface area (Å²) in [5.41, 5.74) is -0.419. The van der Waals surface area contributed by atoms with Crippen molar-refractivity contribution in [1.29, 1.82) is 0 Å². The first-order valence-electron chi connectivity index (χ1n) is 6.81. The second-order valence-corrected chi connectivity index (χ2v) is 5.86. The zero-order valence-electron chi connectivity index (χ0n) is 13.0. The third kappa shape index (κ3) is 8.50. The van der Waals surface area contributed by atoms with Gasteiger partial charge in [-0.25, -0.2) is 0 Å². The van der Waals surface area contributed by atoms with Crippen molar-refractivity contribution in [2.75, 3.05) is 13.7 Å². The van der Waals surface area contributed by atoms with E-state index in [-0.39, 0.29) is 30.2 Å². The molecule has 0 saturated heterocycles. The van der Waals surface area contributed by atoms with Gasteiger partial charge in [0.1, 0.15) is 0 Å². The van der Waals surface area contributed by atoms with Crippen LogP contribution in [0.4, 0.5) is 0 Å². The Labute approximate surface area is 120 Å². The minimum absolute atomic E-state index is 0.0306. The Hall–Kier alpha value is -1.59. The van der Waals surface area contributed by atoms with Crippen LogP contribution in [0.2, 0.25) is 0 Å². The molecule has 0 saturated carbocycles. The second-order valence-electron chi connectivity index (χ2n) is 5.86. The van der Waals surface area contributed by atoms with Crippen molar-refractivity contribution >= 4 is 17.8 Å². The Kier molecular flexibility index (Phi) is 7.87. The first-order chi connectivity index (χ1) is 9.16. The van der Waals surface area contributed by atoms with Crippen LogP contribution >= 0.6 is 0 Å². The van der Waals surface area contributed by atoms with Gasteiger partial charge in [-0.15, -0.1) is 0 Å². The van der Waals surface area contributed by atoms with Crippen LogP contribution in [0.15, 0.2) is 0 Å². The summed E-state index contributed by atoms with van der Waals surface area (Å²) in [4.78, 5) is 34.2. The molecule has 0 aromatic rings. The zero-order valence-corrected chi connectivity index (χ0v) is 13.0. The predicted octanol–water partition coefficient (Wildman–Crippen LogP) is 0.997. The highest BCUT2D eigenvalue weighted by atomic mass is 16.5. The van der Waals surface area contributed by atoms with Crippen LogP contribution in [0.25, 0.3) is 0 Å². The van der Waals surface area contributed by atoms with Crippen LogP contribution in [0, 0.1) is 5.41 Å². The molecule has 0 fully saturated rings. The van der Waals surface area contributed by atoms with E-state index in [0.717, 1.165) is 0 Å². The lowest BCUT2D eigenvalue weighted by Gasteiger charge is -2.17. The lowest BCUT2D eigenvalue weighted by molar-refractivity contribution is -0.141. The molecule has 0 heterocycles. The number of rotatable bonds is 7. The van der Waals surface area contributed by atoms with Gasteiger partial charge in [0.05, 0.1) is 13.5 Å². The van der Waals surface area contributed by atoms with Crippen molar-refractivity contribution in [2.45, 2.75) is 53.0 Å². The fraction of sp³-hybridized carbons (Fsp3) is 0.786. The topological polar surface area (TPSA) is 84.5 Å². The van der Waals surface area contributed by atoms with Crippen molar-refractivity contribution < 1.29 is 19.1 Å². The van der Waals surface area contributed by atoms with Gasteiger partial charge in [-0.1, -0.05) is 20.8 Å². The molecule has 0 radical (unpaired) electrons. The van der Waals surface area contributed by atoms with Gasteiger partial charge in [0, 0.05) is 24.4 Å². The highest BCUT2D eigenvalue weighted by Crippen LogP contribution is 2.12. The summed E-state index contributed by atoms with van der Waals surface area (Å²) < 4.78 is 4.52. The maximum Gasteiger partial charge on any atom is 0.307 e. The van der Waals surface area contributed by atoms with E-state index in [9.17, 15) is 14.4 Å². The van der Waals surface area contributed by atoms with Crippen molar-refractivity contribution in [2.24, 2.45) is 5.41 Å². The maximum atomic E-state index is 11.6. The number of carbonyl (C=O) groups excluding carboxylic acids is 3. The first-order valence-corrected chi connectivity index (χ1v) is 6.81. The van der Waals surface area contributed by atoms with Crippen LogP contribution in [0.5, 0.6) is 0 Å². The van der Waals surface area contributed by atoms with Crippen LogP contribution in [-0.4, -0.2) is 37.5 Å². The van der Waals surface area contributed by atoms with Gasteiger partial charge in [-0.3, -0.25) is 14.4 Å². The van der Waals surface area contributed by atoms with Gasteiger partial charge < -0.3 is 15.4 Å². The number of esters is 1. The predicted molar refractivity (Wildman–Crippen MR) is 75.9 cm³/mol. The highest BCUT2D eigenvalue weighted by molar-refractivity contribution is 5.81. The number of hydrogen-bond acceptors (Lipinski definition) is 4. The van der Waals surface area contributed by atoms with Gasteiger partial charge >= 0.3 is 5.97 Å². The second kappa shape index (κ2) is 8.55. The van der Waals surface area contributed by atoms with Gasteiger partial charge in [-0.2, -0.15) is 0 Å². The molecule has 20 heavy (non-hydrogen) atoms. The van der Waals surface area contributed by atoms with Crippen LogP contribution in [0.3, 0.4) is 0 Å². The largest absolute Gasteiger partial charge is 0.469 e. The summed E-state index contributed by atoms with van der Waals surface area (Å²) in [5.74, 6) is -0.515. The number of ether oxygens (including phenoxy) is 1. The van der Waals surface area contributed by atoms with E-state index in [2.05, 4.69) is 15.4 Å². The summed E-state index contributed by atoms with van der Waals surface area (Å²) in [7, 11) is 1.31. The summed E-state index contributed by atoms with van der Waals surface area (Å²) in [6.45, 7) is 7.72. The summed E-state index contributed by atoms with van der Waals surface area (Å²) in [5, 5.41) is 5.49. The molecule has 2 N–H and O–H groups in total. The van der Waals surface area contributed by atoms with Crippen LogP contribution in [0.1, 0.15) is 47.0 Å². The van der Waals surface area contributed by atoms with E-state index < -0.39 is 5.41 Å². The minimum atomic E-state index is -0.419. The number of amides is 2. The highest BCUT2D eigenvalue weighted by Gasteiger charge is 2.20. The number of nitrogens with one attached hydrogen (secondary N) is 2. The molecule has 1 unspecified atom stereocenters. The van der Waals surface area contributed by atoms with E-state index in [1.54, 1.807) is 6.92 Å². The number of hydrogen-bond donors (Lipinski definition) is 2. The Bertz CT molecular complexity index is 348. The number of methoxy groups -OCH3 is 1. The first kappa shape index (κ1) is 18.4. The molecular weight excluding hydrogens is 260 g/mol. The molecule has 0 aliphatic carbocycles. The molecule has 0 spiro atoms. The Morgan fingerprint density at radius 3 is 2.30 bits per heavy atom. The third-order valence-electron chi connectivity index (χ3n) is 2.66. The Balaban J connectivity index is 3.79. The lowest BCUT2D eigenvalue weighted by Crippen LogP contribution is -2.37. The zero-order chi connectivity index (χ0) is 15.8. The SMILES string of the molecule is COC(=O)CC(C)NC(=O)CCCNC(=O)C(C)(C)C. The fourth-order valence-corrected chi connectivity index (χ4v) is 1.45. The van der Waals surface area contributed by atoms with Crippen molar-refractivity contribution in [3.8, 4) is 0 Å². The smallest absolute Gasteiger partial charge is 0.307 e. The van der Waals surface area contributed by atoms with E-state index >= 15 is 0 Å². The molecular formula is C14H26N2O4. The third-order valence-corrected chi connectivity index (χ3v) is 2.66.